The number of carbonyl (C=O) groups is 2. The number of hydrogen-bond donors (Lipinski definition) is 0. The first-order valence-corrected chi connectivity index (χ1v) is 9.41. The van der Waals surface area contributed by atoms with Gasteiger partial charge < -0.3 is 9.64 Å². The molecular formula is C18H26N2O3S. The zero-order chi connectivity index (χ0) is 17.5. The molecule has 0 bridgehead atoms. The maximum atomic E-state index is 12.6. The van der Waals surface area contributed by atoms with Crippen molar-refractivity contribution in [3.63, 3.8) is 0 Å². The van der Waals surface area contributed by atoms with Crippen molar-refractivity contribution in [3.8, 4) is 0 Å². The van der Waals surface area contributed by atoms with Crippen LogP contribution in [0.1, 0.15) is 25.3 Å². The first-order valence-electron chi connectivity index (χ1n) is 8.36. The molecule has 132 valence electrons. The van der Waals surface area contributed by atoms with Crippen LogP contribution in [0.5, 0.6) is 0 Å². The van der Waals surface area contributed by atoms with E-state index in [1.54, 1.807) is 30.8 Å². The van der Waals surface area contributed by atoms with Gasteiger partial charge in [0.25, 0.3) is 0 Å². The molecule has 1 aromatic rings. The number of carbonyl (C=O) groups excluding carboxylic acids is 2. The quantitative estimate of drug-likeness (QED) is 0.585. The summed E-state index contributed by atoms with van der Waals surface area (Å²) in [6, 6.07) is 9.40. The van der Waals surface area contributed by atoms with Crippen molar-refractivity contribution in [3.05, 3.63) is 35.9 Å². The molecule has 1 aliphatic rings. The molecule has 2 rings (SSSR count). The lowest BCUT2D eigenvalue weighted by Gasteiger charge is -2.30. The number of nitrogens with zero attached hydrogens (tertiary/aromatic N) is 2. The molecule has 2 amide bonds. The lowest BCUT2D eigenvalue weighted by Crippen LogP contribution is -2.50. The molecule has 0 radical (unpaired) electrons. The number of urea groups is 1. The molecule has 0 aromatic heterocycles. The van der Waals surface area contributed by atoms with Crippen molar-refractivity contribution in [1.29, 1.82) is 0 Å². The second kappa shape index (κ2) is 8.97. The van der Waals surface area contributed by atoms with Crippen LogP contribution in [0.25, 0.3) is 0 Å². The van der Waals surface area contributed by atoms with E-state index >= 15 is 0 Å². The molecule has 2 atom stereocenters. The highest BCUT2D eigenvalue weighted by molar-refractivity contribution is 8.00. The maximum Gasteiger partial charge on any atom is 0.329 e. The SMILES string of the molecule is CCCCOC(=O)C1CSC(Cc2ccccc2)N1C(=O)N(C)C. The molecule has 2 unspecified atom stereocenters. The number of esters is 1. The minimum absolute atomic E-state index is 0.0500. The Morgan fingerprint density at radius 2 is 2.00 bits per heavy atom. The zero-order valence-corrected chi connectivity index (χ0v) is 15.4. The third-order valence-electron chi connectivity index (χ3n) is 3.96. The Bertz CT molecular complexity index is 550. The number of ether oxygens (including phenoxy) is 1. The van der Waals surface area contributed by atoms with Crippen LogP contribution in [0.15, 0.2) is 30.3 Å². The first-order chi connectivity index (χ1) is 11.5. The van der Waals surface area contributed by atoms with Gasteiger partial charge in [-0.3, -0.25) is 4.90 Å². The highest BCUT2D eigenvalue weighted by atomic mass is 32.2. The maximum absolute atomic E-state index is 12.6. The predicted octanol–water partition coefficient (Wildman–Crippen LogP) is 3.00. The molecule has 6 heteroatoms. The molecule has 1 aliphatic heterocycles. The largest absolute Gasteiger partial charge is 0.464 e. The molecule has 0 saturated carbocycles. The Labute approximate surface area is 148 Å². The molecule has 24 heavy (non-hydrogen) atoms. The average Bonchev–Trinajstić information content (AvgIpc) is 2.98. The summed E-state index contributed by atoms with van der Waals surface area (Å²) in [5.74, 6) is 0.295. The van der Waals surface area contributed by atoms with Crippen molar-refractivity contribution in [2.75, 3.05) is 26.5 Å². The lowest BCUT2D eigenvalue weighted by atomic mass is 10.1. The summed E-state index contributed by atoms with van der Waals surface area (Å²) >= 11 is 1.64. The number of benzene rings is 1. The van der Waals surface area contributed by atoms with Crippen molar-refractivity contribution in [2.45, 2.75) is 37.6 Å². The normalized spacial score (nSPS) is 20.0. The van der Waals surface area contributed by atoms with Gasteiger partial charge in [0.2, 0.25) is 0 Å². The van der Waals surface area contributed by atoms with Crippen molar-refractivity contribution < 1.29 is 14.3 Å². The van der Waals surface area contributed by atoms with Gasteiger partial charge in [-0.15, -0.1) is 11.8 Å². The molecule has 1 aromatic carbocycles. The number of thioether (sulfide) groups is 1. The molecule has 0 N–H and O–H groups in total. The summed E-state index contributed by atoms with van der Waals surface area (Å²) < 4.78 is 5.36. The minimum Gasteiger partial charge on any atom is -0.464 e. The van der Waals surface area contributed by atoms with Crippen LogP contribution in [-0.4, -0.2) is 59.7 Å². The van der Waals surface area contributed by atoms with Gasteiger partial charge in [-0.05, 0) is 12.0 Å². The number of hydrogen-bond acceptors (Lipinski definition) is 4. The first kappa shape index (κ1) is 18.6. The molecule has 1 saturated heterocycles. The van der Waals surface area contributed by atoms with E-state index in [-0.39, 0.29) is 17.4 Å². The number of unbranched alkanes of at least 4 members (excludes halogenated alkanes) is 1. The van der Waals surface area contributed by atoms with E-state index in [1.807, 2.05) is 30.3 Å². The van der Waals surface area contributed by atoms with Gasteiger partial charge in [0.05, 0.1) is 12.0 Å². The van der Waals surface area contributed by atoms with Gasteiger partial charge in [0, 0.05) is 26.3 Å². The zero-order valence-electron chi connectivity index (χ0n) is 14.6. The van der Waals surface area contributed by atoms with E-state index in [2.05, 4.69) is 6.92 Å². The van der Waals surface area contributed by atoms with Gasteiger partial charge in [-0.1, -0.05) is 43.7 Å². The molecular weight excluding hydrogens is 324 g/mol. The smallest absolute Gasteiger partial charge is 0.329 e. The Balaban J connectivity index is 2.10. The average molecular weight is 350 g/mol. The molecule has 1 fully saturated rings. The molecule has 0 aliphatic carbocycles. The summed E-state index contributed by atoms with van der Waals surface area (Å²) in [6.45, 7) is 2.47. The van der Waals surface area contributed by atoms with Gasteiger partial charge in [0.1, 0.15) is 6.04 Å². The summed E-state index contributed by atoms with van der Waals surface area (Å²) in [4.78, 5) is 28.2. The van der Waals surface area contributed by atoms with E-state index in [9.17, 15) is 9.59 Å². The minimum atomic E-state index is -0.504. The Morgan fingerprint density at radius 1 is 1.29 bits per heavy atom. The molecule has 1 heterocycles. The molecule has 5 nitrogen and oxygen atoms in total. The van der Waals surface area contributed by atoms with E-state index in [4.69, 9.17) is 4.74 Å². The predicted molar refractivity (Wildman–Crippen MR) is 97.0 cm³/mol. The van der Waals surface area contributed by atoms with Crippen LogP contribution >= 0.6 is 11.8 Å². The van der Waals surface area contributed by atoms with Gasteiger partial charge in [-0.25, -0.2) is 9.59 Å². The monoisotopic (exact) mass is 350 g/mol. The van der Waals surface area contributed by atoms with E-state index in [0.717, 1.165) is 24.8 Å². The highest BCUT2D eigenvalue weighted by Gasteiger charge is 2.43. The van der Waals surface area contributed by atoms with Crippen molar-refractivity contribution in [2.24, 2.45) is 0 Å². The van der Waals surface area contributed by atoms with E-state index in [1.165, 1.54) is 4.90 Å². The summed E-state index contributed by atoms with van der Waals surface area (Å²) in [7, 11) is 3.43. The highest BCUT2D eigenvalue weighted by Crippen LogP contribution is 2.33. The fraction of sp³-hybridized carbons (Fsp3) is 0.556. The third-order valence-corrected chi connectivity index (χ3v) is 5.25. The van der Waals surface area contributed by atoms with Gasteiger partial charge in [0.15, 0.2) is 0 Å². The van der Waals surface area contributed by atoms with Crippen molar-refractivity contribution >= 4 is 23.8 Å². The fourth-order valence-electron chi connectivity index (χ4n) is 2.62. The van der Waals surface area contributed by atoms with Crippen LogP contribution in [-0.2, 0) is 16.0 Å². The van der Waals surface area contributed by atoms with Gasteiger partial charge in [-0.2, -0.15) is 0 Å². The topological polar surface area (TPSA) is 49.9 Å². The standard InChI is InChI=1S/C18H26N2O3S/c1-4-5-11-23-17(21)15-13-24-16(20(15)18(22)19(2)3)12-14-9-7-6-8-10-14/h6-10,15-16H,4-5,11-13H2,1-3H3. The Morgan fingerprint density at radius 3 is 2.62 bits per heavy atom. The third kappa shape index (κ3) is 4.66. The van der Waals surface area contributed by atoms with Gasteiger partial charge >= 0.3 is 12.0 Å². The van der Waals surface area contributed by atoms with E-state index < -0.39 is 6.04 Å². The second-order valence-electron chi connectivity index (χ2n) is 6.10. The second-order valence-corrected chi connectivity index (χ2v) is 7.31. The lowest BCUT2D eigenvalue weighted by molar-refractivity contribution is -0.148. The van der Waals surface area contributed by atoms with Crippen LogP contribution in [0.4, 0.5) is 4.79 Å². The summed E-state index contributed by atoms with van der Waals surface area (Å²) in [5.41, 5.74) is 1.16. The fourth-order valence-corrected chi connectivity index (χ4v) is 4.03. The van der Waals surface area contributed by atoms with Crippen molar-refractivity contribution in [1.82, 2.24) is 9.80 Å². The summed E-state index contributed by atoms with van der Waals surface area (Å²) in [5, 5.41) is -0.0500. The van der Waals surface area contributed by atoms with E-state index in [0.29, 0.717) is 12.4 Å². The summed E-state index contributed by atoms with van der Waals surface area (Å²) in [6.07, 6.45) is 2.55. The van der Waals surface area contributed by atoms with Crippen LogP contribution in [0.3, 0.4) is 0 Å². The number of rotatable bonds is 6. The Hall–Kier alpha value is -1.69. The molecule has 0 spiro atoms. The number of amides is 2. The Kier molecular flexibility index (Phi) is 6.97. The van der Waals surface area contributed by atoms with Crippen LogP contribution < -0.4 is 0 Å². The van der Waals surface area contributed by atoms with Crippen LogP contribution in [0, 0.1) is 0 Å². The van der Waals surface area contributed by atoms with Crippen LogP contribution in [0.2, 0.25) is 0 Å².